The minimum atomic E-state index is 0.372. The van der Waals surface area contributed by atoms with E-state index in [2.05, 4.69) is 48.6 Å². The van der Waals surface area contributed by atoms with Crippen molar-refractivity contribution in [2.75, 3.05) is 80.8 Å². The van der Waals surface area contributed by atoms with Gasteiger partial charge in [-0.05, 0) is 66.7 Å². The van der Waals surface area contributed by atoms with Gasteiger partial charge in [-0.3, -0.25) is 0 Å². The first-order valence-corrected chi connectivity index (χ1v) is 11.6. The van der Waals surface area contributed by atoms with Gasteiger partial charge >= 0.3 is 0 Å². The number of hydrogen-bond donors (Lipinski definition) is 2. The molecule has 2 rings (SSSR count). The van der Waals surface area contributed by atoms with Crippen LogP contribution in [0.15, 0.2) is 0 Å². The molecule has 172 valence electrons. The van der Waals surface area contributed by atoms with Crippen molar-refractivity contribution in [1.29, 1.82) is 0 Å². The fourth-order valence-electron chi connectivity index (χ4n) is 4.23. The molecule has 2 saturated heterocycles. The van der Waals surface area contributed by atoms with E-state index in [0.717, 1.165) is 78.3 Å². The Balaban J connectivity index is 1.57. The Hall–Kier alpha value is -0.280. The van der Waals surface area contributed by atoms with Crippen LogP contribution in [-0.2, 0) is 14.2 Å². The van der Waals surface area contributed by atoms with Crippen molar-refractivity contribution in [3.8, 4) is 0 Å². The standard InChI is InChI=1S/C22H46N4O3/c1-25(2)19(5-7-21-17-23-11-15-28-21)9-13-27-14-10-20(26(3)4)6-8-22-18-24-12-16-29-22/h19-24H,5-18H2,1-4H3. The van der Waals surface area contributed by atoms with Crippen molar-refractivity contribution < 1.29 is 14.2 Å². The number of rotatable bonds is 14. The zero-order chi connectivity index (χ0) is 20.9. The minimum Gasteiger partial charge on any atom is -0.381 e. The van der Waals surface area contributed by atoms with Crippen LogP contribution in [0.1, 0.15) is 38.5 Å². The predicted molar refractivity (Wildman–Crippen MR) is 119 cm³/mol. The van der Waals surface area contributed by atoms with Gasteiger partial charge in [0.15, 0.2) is 0 Å². The molecular weight excluding hydrogens is 368 g/mol. The predicted octanol–water partition coefficient (Wildman–Crippen LogP) is 1.18. The van der Waals surface area contributed by atoms with Crippen molar-refractivity contribution in [2.45, 2.75) is 62.8 Å². The van der Waals surface area contributed by atoms with E-state index in [0.29, 0.717) is 24.3 Å². The first-order chi connectivity index (χ1) is 14.1. The van der Waals surface area contributed by atoms with Gasteiger partial charge in [-0.15, -0.1) is 0 Å². The second kappa shape index (κ2) is 14.7. The second-order valence-electron chi connectivity index (χ2n) is 8.97. The van der Waals surface area contributed by atoms with E-state index in [4.69, 9.17) is 14.2 Å². The number of hydrogen-bond acceptors (Lipinski definition) is 7. The molecule has 0 radical (unpaired) electrons. The molecule has 7 heteroatoms. The van der Waals surface area contributed by atoms with Gasteiger partial charge in [0, 0.05) is 51.5 Å². The van der Waals surface area contributed by atoms with E-state index in [9.17, 15) is 0 Å². The van der Waals surface area contributed by atoms with Crippen LogP contribution in [0.3, 0.4) is 0 Å². The molecule has 2 fully saturated rings. The summed E-state index contributed by atoms with van der Waals surface area (Å²) >= 11 is 0. The van der Waals surface area contributed by atoms with Crippen molar-refractivity contribution in [2.24, 2.45) is 0 Å². The average molecular weight is 415 g/mol. The zero-order valence-corrected chi connectivity index (χ0v) is 19.3. The Kier molecular flexibility index (Phi) is 12.6. The molecule has 2 aliphatic heterocycles. The molecule has 0 amide bonds. The first kappa shape index (κ1) is 25.0. The van der Waals surface area contributed by atoms with E-state index >= 15 is 0 Å². The monoisotopic (exact) mass is 414 g/mol. The molecule has 0 aromatic rings. The lowest BCUT2D eigenvalue weighted by atomic mass is 10.0. The van der Waals surface area contributed by atoms with Crippen molar-refractivity contribution in [3.63, 3.8) is 0 Å². The maximum atomic E-state index is 6.04. The average Bonchev–Trinajstić information content (AvgIpc) is 2.73. The largest absolute Gasteiger partial charge is 0.381 e. The molecule has 0 spiro atoms. The highest BCUT2D eigenvalue weighted by Crippen LogP contribution is 2.15. The van der Waals surface area contributed by atoms with E-state index in [1.54, 1.807) is 0 Å². The lowest BCUT2D eigenvalue weighted by Crippen LogP contribution is -2.40. The zero-order valence-electron chi connectivity index (χ0n) is 19.3. The molecule has 2 heterocycles. The SMILES string of the molecule is CN(C)C(CCOCCC(CCC1CNCCO1)N(C)C)CCC1CNCCO1. The van der Waals surface area contributed by atoms with Crippen molar-refractivity contribution >= 4 is 0 Å². The molecule has 0 aromatic heterocycles. The summed E-state index contributed by atoms with van der Waals surface area (Å²) in [5.41, 5.74) is 0. The molecule has 7 nitrogen and oxygen atoms in total. The maximum absolute atomic E-state index is 6.04. The molecule has 29 heavy (non-hydrogen) atoms. The van der Waals surface area contributed by atoms with Gasteiger partial charge in [0.25, 0.3) is 0 Å². The number of ether oxygens (including phenoxy) is 3. The Bertz CT molecular complexity index is 364. The minimum absolute atomic E-state index is 0.372. The normalized spacial score (nSPS) is 25.4. The Morgan fingerprint density at radius 1 is 0.759 bits per heavy atom. The molecule has 2 N–H and O–H groups in total. The summed E-state index contributed by atoms with van der Waals surface area (Å²) in [5.74, 6) is 0. The van der Waals surface area contributed by atoms with E-state index in [1.807, 2.05) is 0 Å². The summed E-state index contributed by atoms with van der Waals surface area (Å²) in [7, 11) is 8.70. The topological polar surface area (TPSA) is 58.2 Å². The molecule has 0 bridgehead atoms. The van der Waals surface area contributed by atoms with Crippen molar-refractivity contribution in [1.82, 2.24) is 20.4 Å². The molecular formula is C22H46N4O3. The van der Waals surface area contributed by atoms with E-state index in [-0.39, 0.29) is 0 Å². The lowest BCUT2D eigenvalue weighted by Gasteiger charge is -2.29. The van der Waals surface area contributed by atoms with Crippen LogP contribution >= 0.6 is 0 Å². The number of morpholine rings is 2. The second-order valence-corrected chi connectivity index (χ2v) is 8.97. The van der Waals surface area contributed by atoms with E-state index in [1.165, 1.54) is 12.8 Å². The summed E-state index contributed by atoms with van der Waals surface area (Å²) in [6.07, 6.45) is 7.49. The Labute approximate surface area is 178 Å². The summed E-state index contributed by atoms with van der Waals surface area (Å²) in [6.45, 7) is 7.31. The van der Waals surface area contributed by atoms with Gasteiger partial charge in [0.2, 0.25) is 0 Å². The highest BCUT2D eigenvalue weighted by Gasteiger charge is 2.19. The summed E-state index contributed by atoms with van der Waals surface area (Å²) in [4.78, 5) is 4.67. The van der Waals surface area contributed by atoms with Gasteiger partial charge < -0.3 is 34.6 Å². The third kappa shape index (κ3) is 10.5. The molecule has 4 unspecified atom stereocenters. The highest BCUT2D eigenvalue weighted by molar-refractivity contribution is 4.74. The van der Waals surface area contributed by atoms with Crippen LogP contribution in [0.25, 0.3) is 0 Å². The fourth-order valence-corrected chi connectivity index (χ4v) is 4.23. The summed E-state index contributed by atoms with van der Waals surface area (Å²) < 4.78 is 17.7. The summed E-state index contributed by atoms with van der Waals surface area (Å²) in [6, 6.07) is 1.11. The fraction of sp³-hybridized carbons (Fsp3) is 1.00. The van der Waals surface area contributed by atoms with Gasteiger partial charge in [0.05, 0.1) is 25.4 Å². The molecule has 0 aromatic carbocycles. The van der Waals surface area contributed by atoms with Crippen LogP contribution < -0.4 is 10.6 Å². The smallest absolute Gasteiger partial charge is 0.0700 e. The highest BCUT2D eigenvalue weighted by atomic mass is 16.5. The number of nitrogens with zero attached hydrogens (tertiary/aromatic N) is 2. The maximum Gasteiger partial charge on any atom is 0.0700 e. The molecule has 2 aliphatic rings. The molecule has 0 aliphatic carbocycles. The lowest BCUT2D eigenvalue weighted by molar-refractivity contribution is 0.0148. The van der Waals surface area contributed by atoms with Crippen LogP contribution in [0, 0.1) is 0 Å². The Morgan fingerprint density at radius 2 is 1.21 bits per heavy atom. The van der Waals surface area contributed by atoms with Gasteiger partial charge in [0.1, 0.15) is 0 Å². The third-order valence-corrected chi connectivity index (χ3v) is 6.30. The van der Waals surface area contributed by atoms with Gasteiger partial charge in [-0.2, -0.15) is 0 Å². The van der Waals surface area contributed by atoms with Crippen LogP contribution in [0.2, 0.25) is 0 Å². The third-order valence-electron chi connectivity index (χ3n) is 6.30. The summed E-state index contributed by atoms with van der Waals surface area (Å²) in [5, 5.41) is 6.84. The molecule has 0 saturated carbocycles. The first-order valence-electron chi connectivity index (χ1n) is 11.6. The van der Waals surface area contributed by atoms with Gasteiger partial charge in [-0.1, -0.05) is 0 Å². The Morgan fingerprint density at radius 3 is 1.55 bits per heavy atom. The van der Waals surface area contributed by atoms with Crippen LogP contribution in [0.5, 0.6) is 0 Å². The number of nitrogens with one attached hydrogen (secondary N) is 2. The van der Waals surface area contributed by atoms with Crippen molar-refractivity contribution in [3.05, 3.63) is 0 Å². The van der Waals surface area contributed by atoms with E-state index < -0.39 is 0 Å². The van der Waals surface area contributed by atoms with Gasteiger partial charge in [-0.25, -0.2) is 0 Å². The van der Waals surface area contributed by atoms with Crippen LogP contribution in [-0.4, -0.2) is 115 Å². The quantitative estimate of drug-likeness (QED) is 0.414. The van der Waals surface area contributed by atoms with Crippen LogP contribution in [0.4, 0.5) is 0 Å². The molecule has 4 atom stereocenters.